The zero-order valence-corrected chi connectivity index (χ0v) is 15.2. The quantitative estimate of drug-likeness (QED) is 0.743. The minimum absolute atomic E-state index is 0.0520. The van der Waals surface area contributed by atoms with Gasteiger partial charge in [-0.2, -0.15) is 0 Å². The third kappa shape index (κ3) is 3.36. The molecule has 1 saturated heterocycles. The van der Waals surface area contributed by atoms with E-state index >= 15 is 0 Å². The molecule has 0 unspecified atom stereocenters. The first-order valence-electron chi connectivity index (χ1n) is 9.05. The molecule has 0 radical (unpaired) electrons. The molecule has 0 aromatic carbocycles. The van der Waals surface area contributed by atoms with Crippen LogP contribution in [0.5, 0.6) is 0 Å². The first kappa shape index (κ1) is 18.2. The number of ether oxygens (including phenoxy) is 1. The Hall–Kier alpha value is -2.64. The second kappa shape index (κ2) is 7.72. The van der Waals surface area contributed by atoms with E-state index < -0.39 is 0 Å². The number of rotatable bonds is 5. The Balaban J connectivity index is 1.80. The van der Waals surface area contributed by atoms with Crippen LogP contribution in [-0.4, -0.2) is 50.6 Å². The van der Waals surface area contributed by atoms with E-state index in [2.05, 4.69) is 4.98 Å². The molecule has 8 heteroatoms. The highest BCUT2D eigenvalue weighted by molar-refractivity contribution is 5.80. The Bertz CT molecular complexity index is 870. The normalized spacial score (nSPS) is 17.5. The lowest BCUT2D eigenvalue weighted by atomic mass is 9.98. The summed E-state index contributed by atoms with van der Waals surface area (Å²) in [5.41, 5.74) is 0.982. The molecule has 0 saturated carbocycles. The summed E-state index contributed by atoms with van der Waals surface area (Å²) in [6.07, 6.45) is 3.11. The van der Waals surface area contributed by atoms with Crippen molar-refractivity contribution < 1.29 is 14.3 Å². The maximum Gasteiger partial charge on any atom is 0.330 e. The molecular formula is C18H24N4O4. The van der Waals surface area contributed by atoms with Gasteiger partial charge in [-0.05, 0) is 38.8 Å². The number of pyridine rings is 1. The maximum absolute atomic E-state index is 12.8. The number of amides is 1. The van der Waals surface area contributed by atoms with Crippen LogP contribution in [0, 0.1) is 5.92 Å². The summed E-state index contributed by atoms with van der Waals surface area (Å²) < 4.78 is 8.09. The van der Waals surface area contributed by atoms with E-state index in [1.807, 2.05) is 6.92 Å². The summed E-state index contributed by atoms with van der Waals surface area (Å²) in [6.45, 7) is 5.35. The lowest BCUT2D eigenvalue weighted by Crippen LogP contribution is -2.45. The lowest BCUT2D eigenvalue weighted by molar-refractivity contribution is -0.151. The highest BCUT2D eigenvalue weighted by atomic mass is 16.5. The first-order chi connectivity index (χ1) is 12.6. The minimum Gasteiger partial charge on any atom is -0.466 e. The number of nitrogens with zero attached hydrogens (tertiary/aromatic N) is 4. The van der Waals surface area contributed by atoms with E-state index in [4.69, 9.17) is 4.74 Å². The van der Waals surface area contributed by atoms with Crippen molar-refractivity contribution in [1.29, 1.82) is 0 Å². The summed E-state index contributed by atoms with van der Waals surface area (Å²) in [5, 5.41) is 0. The van der Waals surface area contributed by atoms with E-state index in [0.29, 0.717) is 37.4 Å². The zero-order chi connectivity index (χ0) is 18.7. The highest BCUT2D eigenvalue weighted by Crippen LogP contribution is 2.19. The molecule has 0 bridgehead atoms. The van der Waals surface area contributed by atoms with Gasteiger partial charge in [-0.1, -0.05) is 0 Å². The molecule has 1 aliphatic rings. The van der Waals surface area contributed by atoms with Gasteiger partial charge in [0.25, 0.3) is 0 Å². The van der Waals surface area contributed by atoms with Crippen LogP contribution in [0.3, 0.4) is 0 Å². The predicted molar refractivity (Wildman–Crippen MR) is 95.6 cm³/mol. The van der Waals surface area contributed by atoms with E-state index in [1.165, 1.54) is 4.57 Å². The molecule has 1 atom stereocenters. The molecule has 2 aromatic heterocycles. The summed E-state index contributed by atoms with van der Waals surface area (Å²) in [5.74, 6) is -0.711. The number of esters is 1. The van der Waals surface area contributed by atoms with Gasteiger partial charge in [-0.25, -0.2) is 9.78 Å². The fraction of sp³-hybridized carbons (Fsp3) is 0.556. The van der Waals surface area contributed by atoms with Crippen LogP contribution in [0.1, 0.15) is 26.7 Å². The number of likely N-dealkylation sites (tertiary alicyclic amines) is 1. The van der Waals surface area contributed by atoms with Gasteiger partial charge in [0.1, 0.15) is 6.54 Å². The lowest BCUT2D eigenvalue weighted by Gasteiger charge is -2.31. The number of aryl methyl sites for hydroxylation is 1. The van der Waals surface area contributed by atoms with Gasteiger partial charge in [0.05, 0.1) is 18.0 Å². The second-order valence-electron chi connectivity index (χ2n) is 6.39. The van der Waals surface area contributed by atoms with Crippen LogP contribution < -0.4 is 5.69 Å². The van der Waals surface area contributed by atoms with Gasteiger partial charge in [0.2, 0.25) is 5.91 Å². The minimum atomic E-state index is -0.289. The van der Waals surface area contributed by atoms with Crippen molar-refractivity contribution in [2.45, 2.75) is 39.8 Å². The molecule has 2 aromatic rings. The molecule has 140 valence electrons. The number of hydrogen-bond donors (Lipinski definition) is 0. The average molecular weight is 360 g/mol. The largest absolute Gasteiger partial charge is 0.466 e. The van der Waals surface area contributed by atoms with E-state index in [0.717, 1.165) is 12.8 Å². The van der Waals surface area contributed by atoms with Gasteiger partial charge in [-0.15, -0.1) is 0 Å². The predicted octanol–water partition coefficient (Wildman–Crippen LogP) is 1.02. The Labute approximate surface area is 151 Å². The zero-order valence-electron chi connectivity index (χ0n) is 15.2. The molecule has 26 heavy (non-hydrogen) atoms. The summed E-state index contributed by atoms with van der Waals surface area (Å²) in [6, 6.07) is 3.54. The number of piperidine rings is 1. The monoisotopic (exact) mass is 360 g/mol. The van der Waals surface area contributed by atoms with Gasteiger partial charge >= 0.3 is 11.7 Å². The molecule has 0 spiro atoms. The Morgan fingerprint density at radius 1 is 1.31 bits per heavy atom. The van der Waals surface area contributed by atoms with Crippen molar-refractivity contribution in [3.05, 3.63) is 28.8 Å². The molecule has 3 heterocycles. The van der Waals surface area contributed by atoms with Crippen molar-refractivity contribution >= 4 is 23.0 Å². The molecule has 8 nitrogen and oxygen atoms in total. The number of carbonyl (C=O) groups is 2. The van der Waals surface area contributed by atoms with Gasteiger partial charge < -0.3 is 9.64 Å². The summed E-state index contributed by atoms with van der Waals surface area (Å²) in [4.78, 5) is 43.3. The number of aromatic nitrogens is 3. The molecule has 1 amide bonds. The maximum atomic E-state index is 12.8. The first-order valence-corrected chi connectivity index (χ1v) is 9.05. The molecular weight excluding hydrogens is 336 g/mol. The SMILES string of the molecule is CCOC(=O)[C@H]1CCCN(C(=O)Cn2c(=O)n(CC)c3ncccc32)C1. The van der Waals surface area contributed by atoms with Crippen molar-refractivity contribution in [3.8, 4) is 0 Å². The van der Waals surface area contributed by atoms with Gasteiger partial charge in [-0.3, -0.25) is 18.7 Å². The van der Waals surface area contributed by atoms with Gasteiger partial charge in [0.15, 0.2) is 5.65 Å². The number of carbonyl (C=O) groups excluding carboxylic acids is 2. The standard InChI is InChI=1S/C18H24N4O4/c1-3-21-16-14(8-5-9-19-16)22(18(21)25)12-15(23)20-10-6-7-13(11-20)17(24)26-4-2/h5,8-9,13H,3-4,6-7,10-12H2,1-2H3/t13-/m0/s1. The molecule has 1 fully saturated rings. The van der Waals surface area contributed by atoms with Crippen molar-refractivity contribution in [3.63, 3.8) is 0 Å². The third-order valence-electron chi connectivity index (χ3n) is 4.78. The van der Waals surface area contributed by atoms with Crippen molar-refractivity contribution in [2.75, 3.05) is 19.7 Å². The van der Waals surface area contributed by atoms with E-state index in [-0.39, 0.29) is 30.0 Å². The Kier molecular flexibility index (Phi) is 5.39. The van der Waals surface area contributed by atoms with Crippen LogP contribution in [-0.2, 0) is 27.4 Å². The van der Waals surface area contributed by atoms with Crippen LogP contribution in [0.25, 0.3) is 11.2 Å². The molecule has 1 aliphatic heterocycles. The molecule has 0 N–H and O–H groups in total. The van der Waals surface area contributed by atoms with Crippen LogP contribution in [0.15, 0.2) is 23.1 Å². The fourth-order valence-corrected chi connectivity index (χ4v) is 3.48. The number of fused-ring (bicyclic) bond motifs is 1. The van der Waals surface area contributed by atoms with Crippen LogP contribution in [0.4, 0.5) is 0 Å². The smallest absolute Gasteiger partial charge is 0.330 e. The Morgan fingerprint density at radius 2 is 2.12 bits per heavy atom. The third-order valence-corrected chi connectivity index (χ3v) is 4.78. The molecule has 0 aliphatic carbocycles. The summed E-state index contributed by atoms with van der Waals surface area (Å²) in [7, 11) is 0. The fourth-order valence-electron chi connectivity index (χ4n) is 3.48. The van der Waals surface area contributed by atoms with E-state index in [9.17, 15) is 14.4 Å². The topological polar surface area (TPSA) is 86.4 Å². The Morgan fingerprint density at radius 3 is 2.85 bits per heavy atom. The number of hydrogen-bond acceptors (Lipinski definition) is 5. The second-order valence-corrected chi connectivity index (χ2v) is 6.39. The van der Waals surface area contributed by atoms with Crippen molar-refractivity contribution in [1.82, 2.24) is 19.0 Å². The molecule has 3 rings (SSSR count). The van der Waals surface area contributed by atoms with Gasteiger partial charge in [0, 0.05) is 25.8 Å². The van der Waals surface area contributed by atoms with Crippen LogP contribution in [0.2, 0.25) is 0 Å². The van der Waals surface area contributed by atoms with Crippen molar-refractivity contribution in [2.24, 2.45) is 5.92 Å². The number of imidazole rings is 1. The summed E-state index contributed by atoms with van der Waals surface area (Å²) >= 11 is 0. The van der Waals surface area contributed by atoms with Crippen LogP contribution >= 0.6 is 0 Å². The average Bonchev–Trinajstić information content (AvgIpc) is 2.93. The van der Waals surface area contributed by atoms with E-state index in [1.54, 1.807) is 34.7 Å². The highest BCUT2D eigenvalue weighted by Gasteiger charge is 2.30.